The van der Waals surface area contributed by atoms with Gasteiger partial charge in [-0.15, -0.1) is 0 Å². The highest BCUT2D eigenvalue weighted by atomic mass is 16.3. The Morgan fingerprint density at radius 2 is 2.07 bits per heavy atom. The van der Waals surface area contributed by atoms with Crippen LogP contribution in [0, 0.1) is 11.3 Å². The molecular formula is C12H23NO2. The summed E-state index contributed by atoms with van der Waals surface area (Å²) in [5, 5.41) is 12.5. The Bertz CT molecular complexity index is 220. The molecule has 1 amide bonds. The van der Waals surface area contributed by atoms with E-state index in [1.165, 1.54) is 0 Å². The van der Waals surface area contributed by atoms with Gasteiger partial charge in [0.25, 0.3) is 0 Å². The van der Waals surface area contributed by atoms with E-state index in [9.17, 15) is 9.90 Å². The Balaban J connectivity index is 2.22. The number of aliphatic hydroxyl groups excluding tert-OH is 1. The lowest BCUT2D eigenvalue weighted by atomic mass is 9.92. The second-order valence-electron chi connectivity index (χ2n) is 5.80. The largest absolute Gasteiger partial charge is 0.393 e. The lowest BCUT2D eigenvalue weighted by Crippen LogP contribution is -2.34. The van der Waals surface area contributed by atoms with Crippen molar-refractivity contribution in [1.29, 1.82) is 0 Å². The van der Waals surface area contributed by atoms with Gasteiger partial charge in [-0.2, -0.15) is 0 Å². The third kappa shape index (κ3) is 4.65. The highest BCUT2D eigenvalue weighted by molar-refractivity contribution is 5.76. The van der Waals surface area contributed by atoms with Crippen molar-refractivity contribution in [2.24, 2.45) is 11.3 Å². The van der Waals surface area contributed by atoms with Crippen molar-refractivity contribution >= 4 is 5.91 Å². The van der Waals surface area contributed by atoms with Crippen molar-refractivity contribution < 1.29 is 9.90 Å². The van der Waals surface area contributed by atoms with Crippen molar-refractivity contribution in [2.45, 2.75) is 52.6 Å². The van der Waals surface area contributed by atoms with E-state index in [0.717, 1.165) is 19.3 Å². The Kier molecular flexibility index (Phi) is 4.14. The second-order valence-corrected chi connectivity index (χ2v) is 5.80. The van der Waals surface area contributed by atoms with Gasteiger partial charge in [-0.3, -0.25) is 4.79 Å². The van der Waals surface area contributed by atoms with Crippen LogP contribution in [-0.2, 0) is 4.79 Å². The molecular weight excluding hydrogens is 190 g/mol. The summed E-state index contributed by atoms with van der Waals surface area (Å²) in [6.45, 7) is 6.79. The molecule has 88 valence electrons. The predicted molar refractivity (Wildman–Crippen MR) is 60.4 cm³/mol. The third-order valence-electron chi connectivity index (χ3n) is 2.87. The van der Waals surface area contributed by atoms with Gasteiger partial charge in [0.2, 0.25) is 5.91 Å². The van der Waals surface area contributed by atoms with E-state index in [1.54, 1.807) is 0 Å². The van der Waals surface area contributed by atoms with Crippen LogP contribution in [0.2, 0.25) is 0 Å². The summed E-state index contributed by atoms with van der Waals surface area (Å²) in [4.78, 5) is 11.5. The zero-order valence-corrected chi connectivity index (χ0v) is 10.0. The summed E-state index contributed by atoms with van der Waals surface area (Å²) in [6, 6.07) is 0. The number of carbonyl (C=O) groups excluding carboxylic acids is 1. The Morgan fingerprint density at radius 1 is 1.40 bits per heavy atom. The first-order valence-electron chi connectivity index (χ1n) is 5.83. The highest BCUT2D eigenvalue weighted by Gasteiger charge is 2.25. The summed E-state index contributed by atoms with van der Waals surface area (Å²) < 4.78 is 0. The van der Waals surface area contributed by atoms with Crippen LogP contribution in [0.5, 0.6) is 0 Å². The number of amides is 1. The molecule has 2 unspecified atom stereocenters. The van der Waals surface area contributed by atoms with E-state index in [-0.39, 0.29) is 23.3 Å². The summed E-state index contributed by atoms with van der Waals surface area (Å²) in [6.07, 6.45) is 3.35. The molecule has 2 N–H and O–H groups in total. The van der Waals surface area contributed by atoms with Gasteiger partial charge in [0.05, 0.1) is 6.10 Å². The van der Waals surface area contributed by atoms with Crippen LogP contribution in [0.1, 0.15) is 46.5 Å². The minimum atomic E-state index is -0.208. The van der Waals surface area contributed by atoms with E-state index >= 15 is 0 Å². The van der Waals surface area contributed by atoms with Gasteiger partial charge >= 0.3 is 0 Å². The molecule has 1 rings (SSSR count). The zero-order valence-electron chi connectivity index (χ0n) is 10.0. The molecule has 1 saturated carbocycles. The molecule has 0 saturated heterocycles. The first-order valence-corrected chi connectivity index (χ1v) is 5.83. The van der Waals surface area contributed by atoms with E-state index in [2.05, 4.69) is 26.1 Å². The van der Waals surface area contributed by atoms with Gasteiger partial charge < -0.3 is 10.4 Å². The monoisotopic (exact) mass is 213 g/mol. The second kappa shape index (κ2) is 4.97. The SMILES string of the molecule is CC(C)(C)CC(=O)NCC1CCCC1O. The standard InChI is InChI=1S/C12H23NO2/c1-12(2,3)7-11(15)13-8-9-5-4-6-10(9)14/h9-10,14H,4-8H2,1-3H3,(H,13,15). The summed E-state index contributed by atoms with van der Waals surface area (Å²) in [7, 11) is 0. The first kappa shape index (κ1) is 12.5. The summed E-state index contributed by atoms with van der Waals surface area (Å²) >= 11 is 0. The number of nitrogens with one attached hydrogen (secondary N) is 1. The molecule has 0 spiro atoms. The van der Waals surface area contributed by atoms with Crippen LogP contribution >= 0.6 is 0 Å². The molecule has 1 aliphatic carbocycles. The smallest absolute Gasteiger partial charge is 0.220 e. The molecule has 0 radical (unpaired) electrons. The predicted octanol–water partition coefficient (Wildman–Crippen LogP) is 1.70. The maximum absolute atomic E-state index is 11.5. The normalized spacial score (nSPS) is 26.7. The van der Waals surface area contributed by atoms with Gasteiger partial charge in [-0.1, -0.05) is 27.2 Å². The fourth-order valence-electron chi connectivity index (χ4n) is 2.04. The first-order chi connectivity index (χ1) is 6.88. The minimum Gasteiger partial charge on any atom is -0.393 e. The fourth-order valence-corrected chi connectivity index (χ4v) is 2.04. The Labute approximate surface area is 92.3 Å². The average molecular weight is 213 g/mol. The quantitative estimate of drug-likeness (QED) is 0.749. The van der Waals surface area contributed by atoms with Crippen molar-refractivity contribution in [3.63, 3.8) is 0 Å². The molecule has 0 heterocycles. The van der Waals surface area contributed by atoms with Crippen molar-refractivity contribution in [2.75, 3.05) is 6.54 Å². The van der Waals surface area contributed by atoms with Gasteiger partial charge in [0.15, 0.2) is 0 Å². The number of carbonyl (C=O) groups is 1. The van der Waals surface area contributed by atoms with Crippen molar-refractivity contribution in [1.82, 2.24) is 5.32 Å². The number of rotatable bonds is 3. The average Bonchev–Trinajstić information content (AvgIpc) is 2.44. The third-order valence-corrected chi connectivity index (χ3v) is 2.87. The fraction of sp³-hybridized carbons (Fsp3) is 0.917. The summed E-state index contributed by atoms with van der Waals surface area (Å²) in [5.41, 5.74) is 0.0401. The van der Waals surface area contributed by atoms with Crippen LogP contribution in [0.3, 0.4) is 0 Å². The number of hydrogen-bond donors (Lipinski definition) is 2. The Hall–Kier alpha value is -0.570. The number of aliphatic hydroxyl groups is 1. The van der Waals surface area contributed by atoms with E-state index in [1.807, 2.05) is 0 Å². The Morgan fingerprint density at radius 3 is 2.53 bits per heavy atom. The van der Waals surface area contributed by atoms with E-state index in [4.69, 9.17) is 0 Å². The molecule has 1 fully saturated rings. The number of hydrogen-bond acceptors (Lipinski definition) is 2. The molecule has 15 heavy (non-hydrogen) atoms. The lowest BCUT2D eigenvalue weighted by Gasteiger charge is -2.19. The molecule has 3 heteroatoms. The molecule has 0 aliphatic heterocycles. The van der Waals surface area contributed by atoms with Gasteiger partial charge in [0, 0.05) is 18.9 Å². The molecule has 1 aliphatic rings. The van der Waals surface area contributed by atoms with Crippen LogP contribution in [-0.4, -0.2) is 23.7 Å². The maximum Gasteiger partial charge on any atom is 0.220 e. The van der Waals surface area contributed by atoms with Crippen LogP contribution in [0.4, 0.5) is 0 Å². The van der Waals surface area contributed by atoms with Gasteiger partial charge in [0.1, 0.15) is 0 Å². The molecule has 0 aromatic carbocycles. The molecule has 2 atom stereocenters. The molecule has 0 bridgehead atoms. The van der Waals surface area contributed by atoms with Crippen LogP contribution < -0.4 is 5.32 Å². The zero-order chi connectivity index (χ0) is 11.5. The van der Waals surface area contributed by atoms with E-state index < -0.39 is 0 Å². The summed E-state index contributed by atoms with van der Waals surface area (Å²) in [5.74, 6) is 0.371. The molecule has 0 aromatic rings. The van der Waals surface area contributed by atoms with Gasteiger partial charge in [-0.25, -0.2) is 0 Å². The van der Waals surface area contributed by atoms with Crippen LogP contribution in [0.15, 0.2) is 0 Å². The highest BCUT2D eigenvalue weighted by Crippen LogP contribution is 2.25. The minimum absolute atomic E-state index is 0.0401. The van der Waals surface area contributed by atoms with Crippen LogP contribution in [0.25, 0.3) is 0 Å². The van der Waals surface area contributed by atoms with Gasteiger partial charge in [-0.05, 0) is 18.3 Å². The molecule has 3 nitrogen and oxygen atoms in total. The van der Waals surface area contributed by atoms with Crippen molar-refractivity contribution in [3.8, 4) is 0 Å². The van der Waals surface area contributed by atoms with Crippen molar-refractivity contribution in [3.05, 3.63) is 0 Å². The maximum atomic E-state index is 11.5. The topological polar surface area (TPSA) is 49.3 Å². The molecule has 0 aromatic heterocycles. The lowest BCUT2D eigenvalue weighted by molar-refractivity contribution is -0.123. The van der Waals surface area contributed by atoms with E-state index in [0.29, 0.717) is 13.0 Å².